The summed E-state index contributed by atoms with van der Waals surface area (Å²) in [5.74, 6) is 0.776. The second-order valence-corrected chi connectivity index (χ2v) is 8.21. The molecule has 1 amide bonds. The summed E-state index contributed by atoms with van der Waals surface area (Å²) in [6, 6.07) is 25.8. The normalized spacial score (nSPS) is 14.4. The van der Waals surface area contributed by atoms with Gasteiger partial charge in [0.15, 0.2) is 0 Å². The summed E-state index contributed by atoms with van der Waals surface area (Å²) < 4.78 is 0. The number of hydrogen-bond donors (Lipinski definition) is 1. The number of hydrogen-bond acceptors (Lipinski definition) is 2. The first-order valence-corrected chi connectivity index (χ1v) is 10.6. The van der Waals surface area contributed by atoms with E-state index in [1.54, 1.807) is 6.07 Å². The van der Waals surface area contributed by atoms with Gasteiger partial charge in [-0.05, 0) is 65.8 Å². The van der Waals surface area contributed by atoms with Crippen molar-refractivity contribution in [1.29, 1.82) is 5.26 Å². The first-order valence-electron chi connectivity index (χ1n) is 10.6. The van der Waals surface area contributed by atoms with Crippen LogP contribution in [0.1, 0.15) is 59.3 Å². The molecule has 3 aromatic rings. The van der Waals surface area contributed by atoms with Crippen LogP contribution < -0.4 is 5.32 Å². The number of rotatable bonds is 6. The zero-order chi connectivity index (χ0) is 20.9. The topological polar surface area (TPSA) is 52.9 Å². The molecule has 0 aromatic heterocycles. The summed E-state index contributed by atoms with van der Waals surface area (Å²) in [4.78, 5) is 12.6. The Morgan fingerprint density at radius 3 is 2.40 bits per heavy atom. The van der Waals surface area contributed by atoms with Crippen molar-refractivity contribution in [1.82, 2.24) is 5.32 Å². The van der Waals surface area contributed by atoms with Crippen molar-refractivity contribution < 1.29 is 4.79 Å². The van der Waals surface area contributed by atoms with E-state index < -0.39 is 0 Å². The number of carbonyl (C=O) groups excluding carboxylic acids is 1. The number of amides is 1. The lowest BCUT2D eigenvalue weighted by molar-refractivity contribution is 0.0940. The molecule has 1 aliphatic carbocycles. The van der Waals surface area contributed by atoms with Gasteiger partial charge in [0.2, 0.25) is 0 Å². The Labute approximate surface area is 178 Å². The van der Waals surface area contributed by atoms with E-state index in [0.717, 1.165) is 29.0 Å². The van der Waals surface area contributed by atoms with Gasteiger partial charge < -0.3 is 5.32 Å². The summed E-state index contributed by atoms with van der Waals surface area (Å²) in [5.41, 5.74) is 5.78. The summed E-state index contributed by atoms with van der Waals surface area (Å²) >= 11 is 0. The Morgan fingerprint density at radius 2 is 1.77 bits per heavy atom. The maximum atomic E-state index is 12.6. The highest BCUT2D eigenvalue weighted by atomic mass is 16.1. The SMILES string of the molecule is CC(NC(=O)c1ccc(CC2CCC2)cc1)c1ccc(-c2cccc(C#N)c2)cc1. The van der Waals surface area contributed by atoms with Crippen molar-refractivity contribution in [2.45, 2.75) is 38.6 Å². The van der Waals surface area contributed by atoms with E-state index in [9.17, 15) is 4.79 Å². The van der Waals surface area contributed by atoms with Crippen LogP contribution in [0.2, 0.25) is 0 Å². The molecule has 3 heteroatoms. The Balaban J connectivity index is 1.38. The highest BCUT2D eigenvalue weighted by Gasteiger charge is 2.18. The van der Waals surface area contributed by atoms with Crippen LogP contribution in [-0.4, -0.2) is 5.91 Å². The fourth-order valence-corrected chi connectivity index (χ4v) is 3.92. The minimum absolute atomic E-state index is 0.0523. The number of carbonyl (C=O) groups is 1. The molecule has 0 spiro atoms. The zero-order valence-electron chi connectivity index (χ0n) is 17.3. The van der Waals surface area contributed by atoms with E-state index >= 15 is 0 Å². The molecule has 1 N–H and O–H groups in total. The van der Waals surface area contributed by atoms with Crippen molar-refractivity contribution in [3.63, 3.8) is 0 Å². The van der Waals surface area contributed by atoms with Crippen LogP contribution in [-0.2, 0) is 6.42 Å². The summed E-state index contributed by atoms with van der Waals surface area (Å²) in [5, 5.41) is 12.2. The van der Waals surface area contributed by atoms with Crippen LogP contribution in [0.4, 0.5) is 0 Å². The quantitative estimate of drug-likeness (QED) is 0.552. The maximum absolute atomic E-state index is 12.6. The molecule has 1 aliphatic rings. The van der Waals surface area contributed by atoms with E-state index in [1.165, 1.54) is 24.8 Å². The minimum atomic E-state index is -0.0911. The van der Waals surface area contributed by atoms with Gasteiger partial charge in [0, 0.05) is 5.56 Å². The van der Waals surface area contributed by atoms with Crippen LogP contribution in [0.5, 0.6) is 0 Å². The van der Waals surface area contributed by atoms with Gasteiger partial charge in [-0.25, -0.2) is 0 Å². The van der Waals surface area contributed by atoms with Gasteiger partial charge in [0.25, 0.3) is 5.91 Å². The third kappa shape index (κ3) is 4.60. The molecule has 1 saturated carbocycles. The lowest BCUT2D eigenvalue weighted by Crippen LogP contribution is -2.26. The Morgan fingerprint density at radius 1 is 1.03 bits per heavy atom. The Kier molecular flexibility index (Phi) is 5.95. The van der Waals surface area contributed by atoms with Gasteiger partial charge in [-0.3, -0.25) is 4.79 Å². The van der Waals surface area contributed by atoms with Gasteiger partial charge in [0.1, 0.15) is 0 Å². The number of nitriles is 1. The van der Waals surface area contributed by atoms with Crippen LogP contribution in [0.25, 0.3) is 11.1 Å². The average Bonchev–Trinajstić information content (AvgIpc) is 2.76. The molecule has 1 atom stereocenters. The van der Waals surface area contributed by atoms with E-state index in [1.807, 2.05) is 61.5 Å². The fraction of sp³-hybridized carbons (Fsp3) is 0.259. The second-order valence-electron chi connectivity index (χ2n) is 8.21. The van der Waals surface area contributed by atoms with Gasteiger partial charge in [0.05, 0.1) is 17.7 Å². The molecule has 4 rings (SSSR count). The molecule has 3 aromatic carbocycles. The predicted octanol–water partition coefficient (Wildman–Crippen LogP) is 6.06. The molecular weight excluding hydrogens is 368 g/mol. The monoisotopic (exact) mass is 394 g/mol. The Bertz CT molecular complexity index is 1060. The predicted molar refractivity (Wildman–Crippen MR) is 120 cm³/mol. The molecule has 0 heterocycles. The maximum Gasteiger partial charge on any atom is 0.251 e. The molecule has 0 radical (unpaired) electrons. The number of benzene rings is 3. The summed E-state index contributed by atoms with van der Waals surface area (Å²) in [6.45, 7) is 1.99. The summed E-state index contributed by atoms with van der Waals surface area (Å²) in [6.07, 6.45) is 5.16. The molecule has 0 saturated heterocycles. The van der Waals surface area contributed by atoms with Crippen molar-refractivity contribution >= 4 is 5.91 Å². The first-order chi connectivity index (χ1) is 14.6. The molecule has 1 fully saturated rings. The number of nitrogens with zero attached hydrogens (tertiary/aromatic N) is 1. The van der Waals surface area contributed by atoms with Gasteiger partial charge in [-0.15, -0.1) is 0 Å². The molecule has 1 unspecified atom stereocenters. The van der Waals surface area contributed by atoms with Crippen molar-refractivity contribution in [2.24, 2.45) is 5.92 Å². The standard InChI is InChI=1S/C27H26N2O/c1-19(23-12-14-24(15-13-23)26-7-3-6-22(17-26)18-28)29-27(30)25-10-8-21(9-11-25)16-20-4-2-5-20/h3,6-15,17,19-20H,2,4-5,16H2,1H3,(H,29,30). The van der Waals surface area contributed by atoms with E-state index in [0.29, 0.717) is 11.1 Å². The minimum Gasteiger partial charge on any atom is -0.346 e. The zero-order valence-corrected chi connectivity index (χ0v) is 17.3. The lowest BCUT2D eigenvalue weighted by Gasteiger charge is -2.25. The fourth-order valence-electron chi connectivity index (χ4n) is 3.92. The van der Waals surface area contributed by atoms with Crippen LogP contribution >= 0.6 is 0 Å². The molecule has 0 aliphatic heterocycles. The molecular formula is C27H26N2O. The van der Waals surface area contributed by atoms with E-state index in [2.05, 4.69) is 23.5 Å². The van der Waals surface area contributed by atoms with Gasteiger partial charge in [-0.1, -0.05) is 67.8 Å². The van der Waals surface area contributed by atoms with E-state index in [-0.39, 0.29) is 11.9 Å². The first kappa shape index (κ1) is 19.9. The lowest BCUT2D eigenvalue weighted by atomic mass is 9.81. The third-order valence-electron chi connectivity index (χ3n) is 6.05. The molecule has 3 nitrogen and oxygen atoms in total. The van der Waals surface area contributed by atoms with E-state index in [4.69, 9.17) is 5.26 Å². The average molecular weight is 395 g/mol. The molecule has 0 bridgehead atoms. The van der Waals surface area contributed by atoms with Crippen LogP contribution in [0.15, 0.2) is 72.8 Å². The van der Waals surface area contributed by atoms with Crippen molar-refractivity contribution in [3.05, 3.63) is 95.1 Å². The smallest absolute Gasteiger partial charge is 0.251 e. The Hall–Kier alpha value is -3.38. The van der Waals surface area contributed by atoms with Crippen molar-refractivity contribution in [3.8, 4) is 17.2 Å². The van der Waals surface area contributed by atoms with Crippen molar-refractivity contribution in [2.75, 3.05) is 0 Å². The third-order valence-corrected chi connectivity index (χ3v) is 6.05. The van der Waals surface area contributed by atoms with Crippen LogP contribution in [0.3, 0.4) is 0 Å². The molecule has 150 valence electrons. The molecule has 30 heavy (non-hydrogen) atoms. The van der Waals surface area contributed by atoms with Gasteiger partial charge >= 0.3 is 0 Å². The van der Waals surface area contributed by atoms with Crippen LogP contribution in [0, 0.1) is 17.2 Å². The largest absolute Gasteiger partial charge is 0.346 e. The summed E-state index contributed by atoms with van der Waals surface area (Å²) in [7, 11) is 0. The highest BCUT2D eigenvalue weighted by Crippen LogP contribution is 2.29. The number of nitrogens with one attached hydrogen (secondary N) is 1. The second kappa shape index (κ2) is 8.97. The van der Waals surface area contributed by atoms with Gasteiger partial charge in [-0.2, -0.15) is 5.26 Å². The highest BCUT2D eigenvalue weighted by molar-refractivity contribution is 5.94.